The molecule has 1 aliphatic rings. The summed E-state index contributed by atoms with van der Waals surface area (Å²) in [4.78, 5) is 2.27. The molecule has 7 heteroatoms. The van der Waals surface area contributed by atoms with Gasteiger partial charge in [0.05, 0.1) is 21.8 Å². The van der Waals surface area contributed by atoms with E-state index < -0.39 is 0 Å². The van der Waals surface area contributed by atoms with Crippen molar-refractivity contribution in [1.82, 2.24) is 13.6 Å². The van der Waals surface area contributed by atoms with Gasteiger partial charge in [-0.15, -0.1) is 4.37 Å². The fourth-order valence-corrected chi connectivity index (χ4v) is 3.58. The zero-order chi connectivity index (χ0) is 17.1. The van der Waals surface area contributed by atoms with Crippen molar-refractivity contribution in [2.24, 2.45) is 0 Å². The number of rotatable bonds is 5. The molecule has 1 aliphatic heterocycles. The van der Waals surface area contributed by atoms with Gasteiger partial charge in [-0.1, -0.05) is 42.3 Å². The molecule has 1 aromatic carbocycles. The summed E-state index contributed by atoms with van der Waals surface area (Å²) in [5.74, 6) is 0.597. The first-order valence-electron chi connectivity index (χ1n) is 7.90. The largest absolute Gasteiger partial charge is 0.467 e. The Bertz CT molecular complexity index is 747. The molecule has 0 fully saturated rings. The van der Waals surface area contributed by atoms with Crippen LogP contribution in [-0.4, -0.2) is 33.8 Å². The summed E-state index contributed by atoms with van der Waals surface area (Å²) in [6.07, 6.45) is 3.91. The van der Waals surface area contributed by atoms with Gasteiger partial charge >= 0.3 is 0 Å². The van der Waals surface area contributed by atoms with E-state index in [2.05, 4.69) is 33.7 Å². The minimum absolute atomic E-state index is 0.135. The minimum Gasteiger partial charge on any atom is -0.467 e. The van der Waals surface area contributed by atoms with E-state index in [1.54, 1.807) is 6.07 Å². The molecule has 0 spiro atoms. The second kappa shape index (κ2) is 7.83. The SMILES string of the molecule is CCC(Oc1nsnc1C1=CCCN(C)C1)c1ccc(Cl)c(Cl)c1. The van der Waals surface area contributed by atoms with E-state index in [0.29, 0.717) is 15.9 Å². The first-order valence-corrected chi connectivity index (χ1v) is 9.39. The molecule has 4 nitrogen and oxygen atoms in total. The van der Waals surface area contributed by atoms with Gasteiger partial charge in [0.2, 0.25) is 0 Å². The second-order valence-electron chi connectivity index (χ2n) is 5.86. The zero-order valence-electron chi connectivity index (χ0n) is 13.6. The summed E-state index contributed by atoms with van der Waals surface area (Å²) in [5.41, 5.74) is 3.02. The van der Waals surface area contributed by atoms with Gasteiger partial charge < -0.3 is 9.64 Å². The van der Waals surface area contributed by atoms with Gasteiger partial charge in [-0.2, -0.15) is 4.37 Å². The number of halogens is 2. The van der Waals surface area contributed by atoms with Crippen LogP contribution in [0.25, 0.3) is 5.57 Å². The molecule has 128 valence electrons. The fourth-order valence-electron chi connectivity index (χ4n) is 2.75. The molecular weight excluding hydrogens is 365 g/mol. The van der Waals surface area contributed by atoms with Crippen LogP contribution < -0.4 is 4.74 Å². The lowest BCUT2D eigenvalue weighted by atomic mass is 10.1. The van der Waals surface area contributed by atoms with E-state index in [-0.39, 0.29) is 6.10 Å². The van der Waals surface area contributed by atoms with Crippen LogP contribution in [0.3, 0.4) is 0 Å². The quantitative estimate of drug-likeness (QED) is 0.720. The van der Waals surface area contributed by atoms with Crippen molar-refractivity contribution >= 4 is 40.5 Å². The predicted molar refractivity (Wildman–Crippen MR) is 100 cm³/mol. The van der Waals surface area contributed by atoms with Crippen molar-refractivity contribution in [3.8, 4) is 5.88 Å². The van der Waals surface area contributed by atoms with Gasteiger partial charge in [0, 0.05) is 13.1 Å². The Morgan fingerprint density at radius 1 is 1.29 bits per heavy atom. The number of benzene rings is 1. The maximum atomic E-state index is 6.18. The maximum Gasteiger partial charge on any atom is 0.254 e. The Kier molecular flexibility index (Phi) is 5.76. The second-order valence-corrected chi connectivity index (χ2v) is 7.20. The normalized spacial score (nSPS) is 16.8. The van der Waals surface area contributed by atoms with Gasteiger partial charge in [-0.05, 0) is 43.2 Å². The van der Waals surface area contributed by atoms with Crippen LogP contribution >= 0.6 is 34.9 Å². The van der Waals surface area contributed by atoms with E-state index in [9.17, 15) is 0 Å². The molecule has 0 radical (unpaired) electrons. The standard InChI is InChI=1S/C17H19Cl2N3OS/c1-3-15(11-6-7-13(18)14(19)9-11)23-17-16(20-24-21-17)12-5-4-8-22(2)10-12/h5-7,9,15H,3-4,8,10H2,1-2H3. The molecule has 0 N–H and O–H groups in total. The Labute approximate surface area is 156 Å². The molecular formula is C17H19Cl2N3OS. The first-order chi connectivity index (χ1) is 11.6. The predicted octanol–water partition coefficient (Wildman–Crippen LogP) is 5.09. The van der Waals surface area contributed by atoms with Crippen molar-refractivity contribution in [1.29, 1.82) is 0 Å². The van der Waals surface area contributed by atoms with Gasteiger partial charge in [-0.25, -0.2) is 0 Å². The summed E-state index contributed by atoms with van der Waals surface area (Å²) in [5, 5.41) is 1.08. The zero-order valence-corrected chi connectivity index (χ0v) is 16.0. The summed E-state index contributed by atoms with van der Waals surface area (Å²) in [7, 11) is 2.11. The third kappa shape index (κ3) is 3.91. The molecule has 2 aromatic rings. The van der Waals surface area contributed by atoms with E-state index in [1.807, 2.05) is 12.1 Å². The van der Waals surface area contributed by atoms with Gasteiger partial charge in [0.15, 0.2) is 0 Å². The average molecular weight is 384 g/mol. The maximum absolute atomic E-state index is 6.18. The topological polar surface area (TPSA) is 38.3 Å². The summed E-state index contributed by atoms with van der Waals surface area (Å²) >= 11 is 13.3. The van der Waals surface area contributed by atoms with Gasteiger partial charge in [0.25, 0.3) is 5.88 Å². The lowest BCUT2D eigenvalue weighted by Gasteiger charge is -2.23. The highest BCUT2D eigenvalue weighted by Gasteiger charge is 2.22. The van der Waals surface area contributed by atoms with Crippen molar-refractivity contribution in [2.45, 2.75) is 25.9 Å². The molecule has 0 amide bonds. The van der Waals surface area contributed by atoms with Crippen LogP contribution in [0.2, 0.25) is 10.0 Å². The first kappa shape index (κ1) is 17.7. The highest BCUT2D eigenvalue weighted by atomic mass is 35.5. The molecule has 1 aromatic heterocycles. The highest BCUT2D eigenvalue weighted by molar-refractivity contribution is 6.99. The highest BCUT2D eigenvalue weighted by Crippen LogP contribution is 2.33. The third-order valence-electron chi connectivity index (χ3n) is 4.04. The van der Waals surface area contributed by atoms with E-state index in [1.165, 1.54) is 17.3 Å². The average Bonchev–Trinajstić information content (AvgIpc) is 3.03. The van der Waals surface area contributed by atoms with Crippen molar-refractivity contribution in [2.75, 3.05) is 20.1 Å². The molecule has 0 saturated carbocycles. The number of hydrogen-bond donors (Lipinski definition) is 0. The number of hydrogen-bond acceptors (Lipinski definition) is 5. The monoisotopic (exact) mass is 383 g/mol. The van der Waals surface area contributed by atoms with Gasteiger partial charge in [0.1, 0.15) is 11.8 Å². The number of ether oxygens (including phenoxy) is 1. The summed E-state index contributed by atoms with van der Waals surface area (Å²) in [6.45, 7) is 4.00. The van der Waals surface area contributed by atoms with Crippen LogP contribution in [0.15, 0.2) is 24.3 Å². The Morgan fingerprint density at radius 2 is 2.12 bits per heavy atom. The van der Waals surface area contributed by atoms with Crippen LogP contribution in [-0.2, 0) is 0 Å². The van der Waals surface area contributed by atoms with Gasteiger partial charge in [-0.3, -0.25) is 0 Å². The molecule has 3 rings (SSSR count). The van der Waals surface area contributed by atoms with Crippen LogP contribution in [0.4, 0.5) is 0 Å². The molecule has 2 heterocycles. The number of nitrogens with zero attached hydrogens (tertiary/aromatic N) is 3. The fraction of sp³-hybridized carbons (Fsp3) is 0.412. The van der Waals surface area contributed by atoms with E-state index >= 15 is 0 Å². The smallest absolute Gasteiger partial charge is 0.254 e. The van der Waals surface area contributed by atoms with Crippen molar-refractivity contribution in [3.63, 3.8) is 0 Å². The van der Waals surface area contributed by atoms with Crippen molar-refractivity contribution < 1.29 is 4.74 Å². The third-order valence-corrected chi connectivity index (χ3v) is 5.30. The molecule has 0 aliphatic carbocycles. The lowest BCUT2D eigenvalue weighted by Crippen LogP contribution is -2.25. The number of aromatic nitrogens is 2. The van der Waals surface area contributed by atoms with Crippen molar-refractivity contribution in [3.05, 3.63) is 45.6 Å². The van der Waals surface area contributed by atoms with Crippen LogP contribution in [0, 0.1) is 0 Å². The Balaban J connectivity index is 1.83. The van der Waals surface area contributed by atoms with E-state index in [4.69, 9.17) is 27.9 Å². The minimum atomic E-state index is -0.135. The Hall–Kier alpha value is -1.14. The lowest BCUT2D eigenvalue weighted by molar-refractivity contribution is 0.193. The number of likely N-dealkylation sites (N-methyl/N-ethyl adjacent to an activating group) is 1. The summed E-state index contributed by atoms with van der Waals surface area (Å²) in [6, 6.07) is 5.59. The van der Waals surface area contributed by atoms with E-state index in [0.717, 1.165) is 37.2 Å². The molecule has 24 heavy (non-hydrogen) atoms. The summed E-state index contributed by atoms with van der Waals surface area (Å²) < 4.78 is 15.0. The molecule has 0 saturated heterocycles. The molecule has 1 atom stereocenters. The van der Waals surface area contributed by atoms with Crippen LogP contribution in [0.1, 0.15) is 37.1 Å². The molecule has 0 bridgehead atoms. The van der Waals surface area contributed by atoms with Crippen LogP contribution in [0.5, 0.6) is 5.88 Å². The molecule has 1 unspecified atom stereocenters. The Morgan fingerprint density at radius 3 is 2.83 bits per heavy atom.